The molecule has 2 aliphatic heterocycles. The van der Waals surface area contributed by atoms with Crippen LogP contribution in [-0.4, -0.2) is 48.4 Å². The largest absolute Gasteiger partial charge is 0.377 e. The molecular weight excluding hydrogens is 256 g/mol. The van der Waals surface area contributed by atoms with Crippen molar-refractivity contribution in [1.29, 1.82) is 0 Å². The zero-order chi connectivity index (χ0) is 12.7. The van der Waals surface area contributed by atoms with E-state index in [1.165, 1.54) is 0 Å². The van der Waals surface area contributed by atoms with Crippen LogP contribution in [0.5, 0.6) is 0 Å². The maximum Gasteiger partial charge on any atom is 0.253 e. The quantitative estimate of drug-likeness (QED) is 0.750. The lowest BCUT2D eigenvalue weighted by atomic mass is 10.1. The molecule has 2 aliphatic rings. The minimum Gasteiger partial charge on any atom is -0.377 e. The molecule has 0 radical (unpaired) electrons. The molecule has 0 saturated carbocycles. The molecule has 7 heteroatoms. The monoisotopic (exact) mass is 268 g/mol. The van der Waals surface area contributed by atoms with Crippen LogP contribution in [0.4, 0.5) is 11.5 Å². The summed E-state index contributed by atoms with van der Waals surface area (Å²) in [7, 11) is 0. The number of morpholine rings is 1. The van der Waals surface area contributed by atoms with Gasteiger partial charge in [-0.15, -0.1) is 10.2 Å². The molecule has 1 fully saturated rings. The average Bonchev–Trinajstić information content (AvgIpc) is 2.40. The number of hydrogen-bond donors (Lipinski definition) is 0. The van der Waals surface area contributed by atoms with Gasteiger partial charge >= 0.3 is 0 Å². The van der Waals surface area contributed by atoms with E-state index in [1.54, 1.807) is 11.0 Å². The molecule has 1 saturated heterocycles. The molecule has 1 aromatic rings. The lowest BCUT2D eigenvalue weighted by Gasteiger charge is -2.43. The fourth-order valence-electron chi connectivity index (χ4n) is 2.44. The van der Waals surface area contributed by atoms with Gasteiger partial charge in [-0.05, 0) is 6.92 Å². The van der Waals surface area contributed by atoms with Crippen LogP contribution < -0.4 is 9.80 Å². The van der Waals surface area contributed by atoms with Gasteiger partial charge in [0.25, 0.3) is 5.91 Å². The van der Waals surface area contributed by atoms with Crippen molar-refractivity contribution in [3.63, 3.8) is 0 Å². The number of hydrogen-bond acceptors (Lipinski definition) is 5. The molecule has 6 nitrogen and oxygen atoms in total. The molecule has 1 unspecified atom stereocenters. The van der Waals surface area contributed by atoms with Crippen molar-refractivity contribution in [3.8, 4) is 0 Å². The number of carbonyl (C=O) groups is 1. The zero-order valence-electron chi connectivity index (χ0n) is 9.97. The standard InChI is InChI=1S/C11H13ClN4O2/c1-2-15-10-7(5-9(12)13-14-10)16-3-4-18-6-8(16)11(15)17/h5,8H,2-4,6H2,1H3. The second-order valence-electron chi connectivity index (χ2n) is 4.24. The van der Waals surface area contributed by atoms with Gasteiger partial charge in [-0.1, -0.05) is 11.6 Å². The highest BCUT2D eigenvalue weighted by Crippen LogP contribution is 2.35. The van der Waals surface area contributed by atoms with Gasteiger partial charge in [0.05, 0.1) is 18.9 Å². The smallest absolute Gasteiger partial charge is 0.253 e. The highest BCUT2D eigenvalue weighted by molar-refractivity contribution is 6.29. The van der Waals surface area contributed by atoms with E-state index in [4.69, 9.17) is 16.3 Å². The van der Waals surface area contributed by atoms with Crippen LogP contribution in [0, 0.1) is 0 Å². The van der Waals surface area contributed by atoms with Crippen molar-refractivity contribution < 1.29 is 9.53 Å². The van der Waals surface area contributed by atoms with Gasteiger partial charge in [0.1, 0.15) is 6.04 Å². The molecule has 0 aliphatic carbocycles. The van der Waals surface area contributed by atoms with E-state index in [0.29, 0.717) is 37.3 Å². The van der Waals surface area contributed by atoms with Crippen molar-refractivity contribution >= 4 is 29.0 Å². The number of rotatable bonds is 1. The number of nitrogens with zero attached hydrogens (tertiary/aromatic N) is 4. The Morgan fingerprint density at radius 2 is 2.39 bits per heavy atom. The van der Waals surface area contributed by atoms with E-state index in [1.807, 2.05) is 11.8 Å². The molecule has 0 aromatic carbocycles. The molecule has 18 heavy (non-hydrogen) atoms. The normalized spacial score (nSPS) is 22.8. The Labute approximate surface area is 109 Å². The predicted octanol–water partition coefficient (Wildman–Crippen LogP) is 0.702. The van der Waals surface area contributed by atoms with Crippen LogP contribution in [-0.2, 0) is 9.53 Å². The number of amides is 1. The van der Waals surface area contributed by atoms with E-state index < -0.39 is 0 Å². The SMILES string of the molecule is CCN1C(=O)C2COCCN2c2cc(Cl)nnc21. The van der Waals surface area contributed by atoms with E-state index in [2.05, 4.69) is 10.2 Å². The van der Waals surface area contributed by atoms with Crippen molar-refractivity contribution in [2.24, 2.45) is 0 Å². The molecule has 3 heterocycles. The van der Waals surface area contributed by atoms with Crippen molar-refractivity contribution in [2.45, 2.75) is 13.0 Å². The number of likely N-dealkylation sites (N-methyl/N-ethyl adjacent to an activating group) is 1. The van der Waals surface area contributed by atoms with Crippen LogP contribution >= 0.6 is 11.6 Å². The number of anilines is 2. The van der Waals surface area contributed by atoms with E-state index in [0.717, 1.165) is 5.69 Å². The Morgan fingerprint density at radius 3 is 3.17 bits per heavy atom. The number of carbonyl (C=O) groups excluding carboxylic acids is 1. The van der Waals surface area contributed by atoms with Crippen molar-refractivity contribution in [2.75, 3.05) is 36.1 Å². The first-order valence-electron chi connectivity index (χ1n) is 5.91. The molecule has 1 atom stereocenters. The Balaban J connectivity index is 2.12. The summed E-state index contributed by atoms with van der Waals surface area (Å²) in [4.78, 5) is 16.0. The van der Waals surface area contributed by atoms with E-state index >= 15 is 0 Å². The minimum absolute atomic E-state index is 0.0151. The summed E-state index contributed by atoms with van der Waals surface area (Å²) >= 11 is 5.90. The summed E-state index contributed by atoms with van der Waals surface area (Å²) in [5.74, 6) is 0.603. The third-order valence-corrected chi connectivity index (χ3v) is 3.47. The maximum atomic E-state index is 12.3. The highest BCUT2D eigenvalue weighted by atomic mass is 35.5. The first kappa shape index (κ1) is 11.7. The molecule has 1 amide bonds. The Kier molecular flexibility index (Phi) is 2.83. The average molecular weight is 269 g/mol. The highest BCUT2D eigenvalue weighted by Gasteiger charge is 2.40. The number of ether oxygens (including phenoxy) is 1. The van der Waals surface area contributed by atoms with Crippen LogP contribution in [0.2, 0.25) is 5.15 Å². The van der Waals surface area contributed by atoms with Crippen LogP contribution in [0.1, 0.15) is 6.92 Å². The van der Waals surface area contributed by atoms with Crippen molar-refractivity contribution in [3.05, 3.63) is 11.2 Å². The first-order valence-corrected chi connectivity index (χ1v) is 6.29. The van der Waals surface area contributed by atoms with Gasteiger partial charge in [0, 0.05) is 19.2 Å². The fraction of sp³-hybridized carbons (Fsp3) is 0.545. The minimum atomic E-state index is -0.272. The maximum absolute atomic E-state index is 12.3. The van der Waals surface area contributed by atoms with Gasteiger partial charge in [-0.2, -0.15) is 0 Å². The molecule has 1 aromatic heterocycles. The summed E-state index contributed by atoms with van der Waals surface area (Å²) < 4.78 is 5.39. The van der Waals surface area contributed by atoms with Gasteiger partial charge in [0.2, 0.25) is 0 Å². The lowest BCUT2D eigenvalue weighted by Crippen LogP contribution is -2.59. The van der Waals surface area contributed by atoms with Crippen LogP contribution in [0.3, 0.4) is 0 Å². The first-order chi connectivity index (χ1) is 8.72. The second kappa shape index (κ2) is 4.37. The summed E-state index contributed by atoms with van der Waals surface area (Å²) in [6.45, 7) is 4.16. The van der Waals surface area contributed by atoms with Crippen molar-refractivity contribution in [1.82, 2.24) is 10.2 Å². The molecule has 0 bridgehead atoms. The zero-order valence-corrected chi connectivity index (χ0v) is 10.7. The summed E-state index contributed by atoms with van der Waals surface area (Å²) in [6, 6.07) is 1.49. The summed E-state index contributed by atoms with van der Waals surface area (Å²) in [6.07, 6.45) is 0. The van der Waals surface area contributed by atoms with Gasteiger partial charge < -0.3 is 9.64 Å². The molecule has 0 spiro atoms. The number of halogens is 1. The lowest BCUT2D eigenvalue weighted by molar-refractivity contribution is -0.122. The predicted molar refractivity (Wildman–Crippen MR) is 67.0 cm³/mol. The summed E-state index contributed by atoms with van der Waals surface area (Å²) in [5.41, 5.74) is 0.866. The summed E-state index contributed by atoms with van der Waals surface area (Å²) in [5, 5.41) is 8.22. The molecule has 3 rings (SSSR count). The molecular formula is C11H13ClN4O2. The Bertz CT molecular complexity index is 496. The van der Waals surface area contributed by atoms with Crippen LogP contribution in [0.25, 0.3) is 0 Å². The molecule has 96 valence electrons. The number of fused-ring (bicyclic) bond motifs is 3. The van der Waals surface area contributed by atoms with E-state index in [9.17, 15) is 4.79 Å². The van der Waals surface area contributed by atoms with Gasteiger partial charge in [-0.3, -0.25) is 9.69 Å². The van der Waals surface area contributed by atoms with Gasteiger partial charge in [0.15, 0.2) is 11.0 Å². The third kappa shape index (κ3) is 1.64. The third-order valence-electron chi connectivity index (χ3n) is 3.29. The topological polar surface area (TPSA) is 58.6 Å². The van der Waals surface area contributed by atoms with Gasteiger partial charge in [-0.25, -0.2) is 0 Å². The fourth-order valence-corrected chi connectivity index (χ4v) is 2.58. The second-order valence-corrected chi connectivity index (χ2v) is 4.63. The Hall–Kier alpha value is -1.40. The van der Waals surface area contributed by atoms with Crippen LogP contribution in [0.15, 0.2) is 6.07 Å². The number of aromatic nitrogens is 2. The molecule has 0 N–H and O–H groups in total. The van der Waals surface area contributed by atoms with E-state index in [-0.39, 0.29) is 11.9 Å². The Morgan fingerprint density at radius 1 is 1.56 bits per heavy atom.